The van der Waals surface area contributed by atoms with E-state index in [1.807, 2.05) is 25.3 Å². The monoisotopic (exact) mass is 258 g/mol. The van der Waals surface area contributed by atoms with E-state index in [0.29, 0.717) is 11.4 Å². The molecular weight excluding hydrogens is 240 g/mol. The van der Waals surface area contributed by atoms with Gasteiger partial charge in [0, 0.05) is 12.4 Å². The second-order valence-corrected chi connectivity index (χ2v) is 4.29. The molecule has 2 rings (SSSR count). The minimum absolute atomic E-state index is 0.0181. The van der Waals surface area contributed by atoms with Crippen LogP contribution >= 0.6 is 0 Å². The van der Waals surface area contributed by atoms with Crippen LogP contribution in [-0.2, 0) is 12.8 Å². The summed E-state index contributed by atoms with van der Waals surface area (Å²) in [6.45, 7) is 5.94. The van der Waals surface area contributed by atoms with Gasteiger partial charge in [-0.25, -0.2) is 4.98 Å². The number of rotatable bonds is 4. The molecule has 6 nitrogen and oxygen atoms in total. The number of hydrogen-bond donors (Lipinski definition) is 2. The molecule has 0 atom stereocenters. The normalized spacial score (nSPS) is 10.7. The van der Waals surface area contributed by atoms with Crippen LogP contribution in [-0.4, -0.2) is 25.6 Å². The van der Waals surface area contributed by atoms with Gasteiger partial charge in [0.05, 0.1) is 11.3 Å². The van der Waals surface area contributed by atoms with Crippen molar-refractivity contribution in [2.24, 2.45) is 5.73 Å². The van der Waals surface area contributed by atoms with Crippen molar-refractivity contribution in [3.63, 3.8) is 0 Å². The smallest absolute Gasteiger partial charge is 0.172 e. The van der Waals surface area contributed by atoms with E-state index < -0.39 is 0 Å². The van der Waals surface area contributed by atoms with Gasteiger partial charge in [-0.3, -0.25) is 9.98 Å². The van der Waals surface area contributed by atoms with E-state index in [-0.39, 0.29) is 5.84 Å². The molecule has 2 heterocycles. The summed E-state index contributed by atoms with van der Waals surface area (Å²) < 4.78 is 1.81. The minimum Gasteiger partial charge on any atom is -0.384 e. The van der Waals surface area contributed by atoms with E-state index in [1.54, 1.807) is 12.4 Å². The van der Waals surface area contributed by atoms with Gasteiger partial charge in [0.25, 0.3) is 0 Å². The fourth-order valence-electron chi connectivity index (χ4n) is 2.22. The first-order chi connectivity index (χ1) is 9.10. The maximum Gasteiger partial charge on any atom is 0.172 e. The van der Waals surface area contributed by atoms with Crippen LogP contribution in [0.5, 0.6) is 0 Å². The maximum atomic E-state index is 7.84. The molecule has 0 unspecified atom stereocenters. The van der Waals surface area contributed by atoms with Crippen LogP contribution in [0.15, 0.2) is 12.4 Å². The molecule has 0 saturated heterocycles. The highest BCUT2D eigenvalue weighted by molar-refractivity contribution is 5.99. The van der Waals surface area contributed by atoms with Crippen molar-refractivity contribution in [3.05, 3.63) is 35.0 Å². The van der Waals surface area contributed by atoms with E-state index in [9.17, 15) is 0 Å². The zero-order valence-electron chi connectivity index (χ0n) is 11.4. The number of aryl methyl sites for hydroxylation is 2. The summed E-state index contributed by atoms with van der Waals surface area (Å²) in [5.74, 6) is 1.39. The van der Waals surface area contributed by atoms with Gasteiger partial charge in [-0.1, -0.05) is 13.8 Å². The molecule has 0 amide bonds. The van der Waals surface area contributed by atoms with Crippen LogP contribution in [0.25, 0.3) is 5.82 Å². The van der Waals surface area contributed by atoms with Crippen molar-refractivity contribution in [2.75, 3.05) is 0 Å². The van der Waals surface area contributed by atoms with Gasteiger partial charge < -0.3 is 5.73 Å². The minimum atomic E-state index is 0.0181. The van der Waals surface area contributed by atoms with Gasteiger partial charge in [-0.2, -0.15) is 5.10 Å². The Hall–Kier alpha value is -2.24. The van der Waals surface area contributed by atoms with E-state index in [0.717, 1.165) is 29.9 Å². The average Bonchev–Trinajstić information content (AvgIpc) is 2.82. The topological polar surface area (TPSA) is 93.5 Å². The Balaban J connectivity index is 2.75. The highest BCUT2D eigenvalue weighted by Gasteiger charge is 2.18. The van der Waals surface area contributed by atoms with Crippen molar-refractivity contribution >= 4 is 5.84 Å². The highest BCUT2D eigenvalue weighted by Crippen LogP contribution is 2.20. The van der Waals surface area contributed by atoms with Crippen molar-refractivity contribution in [2.45, 2.75) is 33.6 Å². The Labute approximate surface area is 112 Å². The number of imidazole rings is 1. The summed E-state index contributed by atoms with van der Waals surface area (Å²) in [7, 11) is 0. The van der Waals surface area contributed by atoms with Crippen LogP contribution in [0.4, 0.5) is 0 Å². The van der Waals surface area contributed by atoms with Crippen LogP contribution in [0, 0.1) is 12.3 Å². The lowest BCUT2D eigenvalue weighted by Gasteiger charge is -2.15. The Kier molecular flexibility index (Phi) is 3.59. The van der Waals surface area contributed by atoms with Gasteiger partial charge in [-0.15, -0.1) is 5.10 Å². The molecule has 0 aliphatic rings. The lowest BCUT2D eigenvalue weighted by molar-refractivity contribution is 0.817. The quantitative estimate of drug-likeness (QED) is 0.640. The SMILES string of the molecule is CCc1nnc(-n2ccnc2C)c(C(=N)N)c1CC. The zero-order chi connectivity index (χ0) is 14.0. The lowest BCUT2D eigenvalue weighted by Crippen LogP contribution is -2.21. The number of nitrogens with one attached hydrogen (secondary N) is 1. The standard InChI is InChI=1S/C13H18N6/c1-4-9-10(5-2)17-18-13(11(9)12(14)15)19-7-6-16-8(19)3/h6-7H,4-5H2,1-3H3,(H3,14,15). The Morgan fingerprint density at radius 3 is 2.53 bits per heavy atom. The predicted octanol–water partition coefficient (Wildman–Crippen LogP) is 1.38. The van der Waals surface area contributed by atoms with Crippen LogP contribution < -0.4 is 5.73 Å². The molecule has 2 aromatic heterocycles. The lowest BCUT2D eigenvalue weighted by atomic mass is 10.0. The first-order valence-electron chi connectivity index (χ1n) is 6.33. The van der Waals surface area contributed by atoms with Gasteiger partial charge >= 0.3 is 0 Å². The molecule has 2 aromatic rings. The van der Waals surface area contributed by atoms with E-state index in [1.165, 1.54) is 0 Å². The fourth-order valence-corrected chi connectivity index (χ4v) is 2.22. The molecule has 3 N–H and O–H groups in total. The van der Waals surface area contributed by atoms with Crippen molar-refractivity contribution < 1.29 is 0 Å². The fraction of sp³-hybridized carbons (Fsp3) is 0.385. The number of nitrogens with two attached hydrogens (primary N) is 1. The largest absolute Gasteiger partial charge is 0.384 e. The molecule has 0 fully saturated rings. The highest BCUT2D eigenvalue weighted by atomic mass is 15.2. The molecule has 0 aliphatic carbocycles. The first-order valence-corrected chi connectivity index (χ1v) is 6.33. The Morgan fingerprint density at radius 1 is 1.32 bits per heavy atom. The maximum absolute atomic E-state index is 7.84. The second-order valence-electron chi connectivity index (χ2n) is 4.29. The van der Waals surface area contributed by atoms with Gasteiger partial charge in [0.1, 0.15) is 11.7 Å². The van der Waals surface area contributed by atoms with Crippen molar-refractivity contribution in [3.8, 4) is 5.82 Å². The van der Waals surface area contributed by atoms with Gasteiger partial charge in [0.2, 0.25) is 0 Å². The summed E-state index contributed by atoms with van der Waals surface area (Å²) in [6.07, 6.45) is 5.05. The summed E-state index contributed by atoms with van der Waals surface area (Å²) in [6, 6.07) is 0. The van der Waals surface area contributed by atoms with E-state index >= 15 is 0 Å². The number of nitrogens with zero attached hydrogens (tertiary/aromatic N) is 4. The number of aromatic nitrogens is 4. The number of amidine groups is 1. The second kappa shape index (κ2) is 5.17. The molecule has 0 aromatic carbocycles. The predicted molar refractivity (Wildman–Crippen MR) is 73.7 cm³/mol. The third-order valence-electron chi connectivity index (χ3n) is 3.15. The molecule has 0 spiro atoms. The molecule has 100 valence electrons. The Morgan fingerprint density at radius 2 is 2.05 bits per heavy atom. The average molecular weight is 258 g/mol. The zero-order valence-corrected chi connectivity index (χ0v) is 11.4. The van der Waals surface area contributed by atoms with E-state index in [4.69, 9.17) is 11.1 Å². The Bertz CT molecular complexity index is 614. The summed E-state index contributed by atoms with van der Waals surface area (Å²) >= 11 is 0. The molecule has 0 aliphatic heterocycles. The van der Waals surface area contributed by atoms with Crippen molar-refractivity contribution in [1.82, 2.24) is 19.7 Å². The number of hydrogen-bond acceptors (Lipinski definition) is 4. The summed E-state index contributed by atoms with van der Waals surface area (Å²) in [5, 5.41) is 16.3. The van der Waals surface area contributed by atoms with Crippen LogP contribution in [0.1, 0.15) is 36.5 Å². The molecule has 0 bridgehead atoms. The van der Waals surface area contributed by atoms with Gasteiger partial charge in [-0.05, 0) is 25.3 Å². The van der Waals surface area contributed by atoms with Gasteiger partial charge in [0.15, 0.2) is 5.82 Å². The third kappa shape index (κ3) is 2.21. The molecule has 0 radical (unpaired) electrons. The number of nitrogen functional groups attached to an aromatic ring is 1. The van der Waals surface area contributed by atoms with Crippen LogP contribution in [0.3, 0.4) is 0 Å². The molecule has 0 saturated carbocycles. The molecule has 6 heteroatoms. The van der Waals surface area contributed by atoms with Crippen molar-refractivity contribution in [1.29, 1.82) is 5.41 Å². The first kappa shape index (κ1) is 13.2. The van der Waals surface area contributed by atoms with E-state index in [2.05, 4.69) is 15.2 Å². The summed E-state index contributed by atoms with van der Waals surface area (Å²) in [4.78, 5) is 4.18. The summed E-state index contributed by atoms with van der Waals surface area (Å²) in [5.41, 5.74) is 8.31. The third-order valence-corrected chi connectivity index (χ3v) is 3.15. The van der Waals surface area contributed by atoms with Crippen LogP contribution in [0.2, 0.25) is 0 Å². The molecular formula is C13H18N6. The molecule has 19 heavy (non-hydrogen) atoms.